The standard InChI is InChI=1S/C13H9FN2O3/c14-10-7-4-8-11(16(18)19)12(10)13(17)15-9-5-2-1-3-6-9/h1-8H,(H,15,17). The average molecular weight is 260 g/mol. The molecule has 0 heterocycles. The van der Waals surface area contributed by atoms with Crippen LogP contribution < -0.4 is 5.32 Å². The Kier molecular flexibility index (Phi) is 3.51. The summed E-state index contributed by atoms with van der Waals surface area (Å²) in [6, 6.07) is 11.6. The van der Waals surface area contributed by atoms with E-state index in [4.69, 9.17) is 0 Å². The van der Waals surface area contributed by atoms with E-state index < -0.39 is 27.9 Å². The number of nitrogens with zero attached hydrogens (tertiary/aromatic N) is 1. The van der Waals surface area contributed by atoms with E-state index in [1.54, 1.807) is 30.3 Å². The molecule has 0 radical (unpaired) electrons. The molecular weight excluding hydrogens is 251 g/mol. The molecular formula is C13H9FN2O3. The molecule has 19 heavy (non-hydrogen) atoms. The van der Waals surface area contributed by atoms with Gasteiger partial charge in [-0.05, 0) is 18.2 Å². The normalized spacial score (nSPS) is 9.95. The van der Waals surface area contributed by atoms with Gasteiger partial charge in [0.25, 0.3) is 11.6 Å². The number of amides is 1. The molecule has 0 saturated heterocycles. The number of para-hydroxylation sites is 1. The van der Waals surface area contributed by atoms with E-state index in [1.807, 2.05) is 0 Å². The third-order valence-electron chi connectivity index (χ3n) is 2.45. The maximum absolute atomic E-state index is 13.6. The second-order valence-corrected chi connectivity index (χ2v) is 3.71. The van der Waals surface area contributed by atoms with Gasteiger partial charge in [-0.2, -0.15) is 0 Å². The molecule has 1 amide bonds. The van der Waals surface area contributed by atoms with Gasteiger partial charge in [-0.3, -0.25) is 14.9 Å². The Hall–Kier alpha value is -2.76. The van der Waals surface area contributed by atoms with E-state index >= 15 is 0 Å². The van der Waals surface area contributed by atoms with Crippen molar-refractivity contribution >= 4 is 17.3 Å². The van der Waals surface area contributed by atoms with Crippen LogP contribution in [0.4, 0.5) is 15.8 Å². The molecule has 2 aromatic carbocycles. The molecule has 0 saturated carbocycles. The van der Waals surface area contributed by atoms with Gasteiger partial charge in [0.05, 0.1) is 4.92 Å². The molecule has 0 aromatic heterocycles. The van der Waals surface area contributed by atoms with Crippen molar-refractivity contribution in [2.75, 3.05) is 5.32 Å². The zero-order chi connectivity index (χ0) is 13.8. The number of halogens is 1. The maximum atomic E-state index is 13.6. The summed E-state index contributed by atoms with van der Waals surface area (Å²) in [6.07, 6.45) is 0. The topological polar surface area (TPSA) is 72.2 Å². The summed E-state index contributed by atoms with van der Waals surface area (Å²) >= 11 is 0. The fourth-order valence-electron chi connectivity index (χ4n) is 1.60. The van der Waals surface area contributed by atoms with Crippen molar-refractivity contribution in [3.05, 3.63) is 70.0 Å². The van der Waals surface area contributed by atoms with E-state index in [2.05, 4.69) is 5.32 Å². The van der Waals surface area contributed by atoms with Crippen molar-refractivity contribution in [2.24, 2.45) is 0 Å². The Labute approximate surface area is 107 Å². The molecule has 0 bridgehead atoms. The molecule has 0 unspecified atom stereocenters. The Morgan fingerprint density at radius 1 is 1.11 bits per heavy atom. The van der Waals surface area contributed by atoms with Crippen LogP contribution >= 0.6 is 0 Å². The van der Waals surface area contributed by atoms with Crippen LogP contribution in [0.1, 0.15) is 10.4 Å². The molecule has 96 valence electrons. The van der Waals surface area contributed by atoms with Crippen molar-refractivity contribution < 1.29 is 14.1 Å². The zero-order valence-corrected chi connectivity index (χ0v) is 9.67. The number of rotatable bonds is 3. The summed E-state index contributed by atoms with van der Waals surface area (Å²) < 4.78 is 13.6. The summed E-state index contributed by atoms with van der Waals surface area (Å²) in [6.45, 7) is 0. The minimum Gasteiger partial charge on any atom is -0.322 e. The first-order chi connectivity index (χ1) is 9.09. The zero-order valence-electron chi connectivity index (χ0n) is 9.67. The van der Waals surface area contributed by atoms with Gasteiger partial charge in [0.15, 0.2) is 5.56 Å². The SMILES string of the molecule is O=C(Nc1ccccc1)c1c(F)cccc1[N+](=O)[O-]. The second-order valence-electron chi connectivity index (χ2n) is 3.71. The highest BCUT2D eigenvalue weighted by atomic mass is 19.1. The molecule has 0 aliphatic heterocycles. The van der Waals surface area contributed by atoms with Gasteiger partial charge in [-0.25, -0.2) is 4.39 Å². The molecule has 6 heteroatoms. The number of carbonyl (C=O) groups is 1. The number of benzene rings is 2. The van der Waals surface area contributed by atoms with Crippen LogP contribution in [-0.2, 0) is 0 Å². The molecule has 2 aromatic rings. The maximum Gasteiger partial charge on any atom is 0.285 e. The van der Waals surface area contributed by atoms with Crippen LogP contribution in [0.2, 0.25) is 0 Å². The largest absolute Gasteiger partial charge is 0.322 e. The fraction of sp³-hybridized carbons (Fsp3) is 0. The molecule has 5 nitrogen and oxygen atoms in total. The highest BCUT2D eigenvalue weighted by Gasteiger charge is 2.24. The van der Waals surface area contributed by atoms with Crippen LogP contribution in [0.15, 0.2) is 48.5 Å². The summed E-state index contributed by atoms with van der Waals surface area (Å²) in [7, 11) is 0. The van der Waals surface area contributed by atoms with Gasteiger partial charge in [0, 0.05) is 11.8 Å². The smallest absolute Gasteiger partial charge is 0.285 e. The fourth-order valence-corrected chi connectivity index (χ4v) is 1.60. The first kappa shape index (κ1) is 12.7. The van der Waals surface area contributed by atoms with Crippen LogP contribution in [-0.4, -0.2) is 10.8 Å². The van der Waals surface area contributed by atoms with E-state index in [-0.39, 0.29) is 0 Å². The predicted octanol–water partition coefficient (Wildman–Crippen LogP) is 2.99. The van der Waals surface area contributed by atoms with Crippen molar-refractivity contribution in [1.82, 2.24) is 0 Å². The van der Waals surface area contributed by atoms with E-state index in [0.29, 0.717) is 5.69 Å². The van der Waals surface area contributed by atoms with Gasteiger partial charge in [0.1, 0.15) is 5.82 Å². The van der Waals surface area contributed by atoms with Gasteiger partial charge >= 0.3 is 0 Å². The van der Waals surface area contributed by atoms with Crippen molar-refractivity contribution in [1.29, 1.82) is 0 Å². The highest BCUT2D eigenvalue weighted by Crippen LogP contribution is 2.22. The molecule has 0 atom stereocenters. The Morgan fingerprint density at radius 2 is 1.79 bits per heavy atom. The summed E-state index contributed by atoms with van der Waals surface area (Å²) in [4.78, 5) is 21.9. The van der Waals surface area contributed by atoms with E-state index in [9.17, 15) is 19.3 Å². The minimum absolute atomic E-state index is 0.435. The van der Waals surface area contributed by atoms with Crippen LogP contribution in [0.5, 0.6) is 0 Å². The number of nitro benzene ring substituents is 1. The van der Waals surface area contributed by atoms with E-state index in [1.165, 1.54) is 6.07 Å². The monoisotopic (exact) mass is 260 g/mol. The number of carbonyl (C=O) groups excluding carboxylic acids is 1. The number of hydrogen-bond acceptors (Lipinski definition) is 3. The lowest BCUT2D eigenvalue weighted by molar-refractivity contribution is -0.385. The van der Waals surface area contributed by atoms with Crippen molar-refractivity contribution in [3.8, 4) is 0 Å². The highest BCUT2D eigenvalue weighted by molar-refractivity contribution is 6.07. The Morgan fingerprint density at radius 3 is 2.42 bits per heavy atom. The average Bonchev–Trinajstić information content (AvgIpc) is 2.39. The van der Waals surface area contributed by atoms with Crippen molar-refractivity contribution in [2.45, 2.75) is 0 Å². The second kappa shape index (κ2) is 5.26. The first-order valence-corrected chi connectivity index (χ1v) is 5.39. The van der Waals surface area contributed by atoms with Crippen LogP contribution in [0.25, 0.3) is 0 Å². The quantitative estimate of drug-likeness (QED) is 0.681. The summed E-state index contributed by atoms with van der Waals surface area (Å²) in [5, 5.41) is 13.2. The van der Waals surface area contributed by atoms with Gasteiger partial charge < -0.3 is 5.32 Å². The number of nitrogens with one attached hydrogen (secondary N) is 1. The lowest BCUT2D eigenvalue weighted by Gasteiger charge is -2.06. The van der Waals surface area contributed by atoms with Crippen molar-refractivity contribution in [3.63, 3.8) is 0 Å². The molecule has 0 fully saturated rings. The number of anilines is 1. The number of hydrogen-bond donors (Lipinski definition) is 1. The van der Waals surface area contributed by atoms with Gasteiger partial charge in [0.2, 0.25) is 0 Å². The third-order valence-corrected chi connectivity index (χ3v) is 2.45. The molecule has 2 rings (SSSR count). The Balaban J connectivity index is 2.36. The minimum atomic E-state index is -0.928. The first-order valence-electron chi connectivity index (χ1n) is 5.39. The molecule has 0 spiro atoms. The lowest BCUT2D eigenvalue weighted by atomic mass is 10.1. The lowest BCUT2D eigenvalue weighted by Crippen LogP contribution is -2.15. The van der Waals surface area contributed by atoms with Gasteiger partial charge in [-0.1, -0.05) is 24.3 Å². The summed E-state index contributed by atoms with van der Waals surface area (Å²) in [5.74, 6) is -1.78. The third kappa shape index (κ3) is 2.74. The molecule has 0 aliphatic rings. The van der Waals surface area contributed by atoms with Crippen LogP contribution in [0.3, 0.4) is 0 Å². The Bertz CT molecular complexity index is 629. The van der Waals surface area contributed by atoms with E-state index in [0.717, 1.165) is 12.1 Å². The van der Waals surface area contributed by atoms with Crippen LogP contribution in [0, 0.1) is 15.9 Å². The number of nitro groups is 1. The molecule has 1 N–H and O–H groups in total. The summed E-state index contributed by atoms with van der Waals surface area (Å²) in [5.41, 5.74) is -0.699. The van der Waals surface area contributed by atoms with Gasteiger partial charge in [-0.15, -0.1) is 0 Å². The predicted molar refractivity (Wildman–Crippen MR) is 67.4 cm³/mol. The molecule has 0 aliphatic carbocycles.